The van der Waals surface area contributed by atoms with Crippen molar-refractivity contribution in [2.45, 2.75) is 32.7 Å². The van der Waals surface area contributed by atoms with Crippen LogP contribution in [0.2, 0.25) is 0 Å². The van der Waals surface area contributed by atoms with E-state index in [0.717, 1.165) is 26.1 Å². The molecule has 0 aromatic carbocycles. The SMILES string of the molecule is CC(C)CCN1CCN(C(=O)C(N)CC(=O)O)CC1. The molecule has 1 aliphatic rings. The summed E-state index contributed by atoms with van der Waals surface area (Å²) in [6, 6.07) is -0.917. The molecule has 19 heavy (non-hydrogen) atoms. The molecule has 0 bridgehead atoms. The second kappa shape index (κ2) is 7.45. The molecule has 1 unspecified atom stereocenters. The predicted octanol–water partition coefficient (Wildman–Crippen LogP) is -0.0213. The lowest BCUT2D eigenvalue weighted by atomic mass is 10.1. The Hall–Kier alpha value is -1.14. The van der Waals surface area contributed by atoms with Crippen LogP contribution in [0.15, 0.2) is 0 Å². The fourth-order valence-corrected chi connectivity index (χ4v) is 2.14. The van der Waals surface area contributed by atoms with Crippen molar-refractivity contribution < 1.29 is 14.7 Å². The first-order valence-electron chi connectivity index (χ1n) is 6.88. The van der Waals surface area contributed by atoms with Crippen molar-refractivity contribution in [1.29, 1.82) is 0 Å². The normalized spacial score (nSPS) is 18.6. The minimum Gasteiger partial charge on any atom is -0.481 e. The van der Waals surface area contributed by atoms with Crippen LogP contribution in [0.3, 0.4) is 0 Å². The van der Waals surface area contributed by atoms with Crippen LogP contribution in [-0.2, 0) is 9.59 Å². The van der Waals surface area contributed by atoms with Gasteiger partial charge >= 0.3 is 5.97 Å². The summed E-state index contributed by atoms with van der Waals surface area (Å²) in [4.78, 5) is 26.5. The summed E-state index contributed by atoms with van der Waals surface area (Å²) >= 11 is 0. The maximum Gasteiger partial charge on any atom is 0.305 e. The van der Waals surface area contributed by atoms with Crippen LogP contribution in [0, 0.1) is 5.92 Å². The zero-order valence-corrected chi connectivity index (χ0v) is 11.8. The molecular formula is C13H25N3O3. The van der Waals surface area contributed by atoms with Gasteiger partial charge in [-0.05, 0) is 18.9 Å². The van der Waals surface area contributed by atoms with Crippen molar-refractivity contribution in [1.82, 2.24) is 9.80 Å². The van der Waals surface area contributed by atoms with E-state index in [1.165, 1.54) is 0 Å². The minimum absolute atomic E-state index is 0.245. The Morgan fingerprint density at radius 3 is 2.26 bits per heavy atom. The highest BCUT2D eigenvalue weighted by atomic mass is 16.4. The summed E-state index contributed by atoms with van der Waals surface area (Å²) < 4.78 is 0. The molecule has 1 fully saturated rings. The van der Waals surface area contributed by atoms with Gasteiger partial charge in [0.05, 0.1) is 12.5 Å². The second-order valence-electron chi connectivity index (χ2n) is 5.55. The van der Waals surface area contributed by atoms with E-state index in [4.69, 9.17) is 10.8 Å². The molecule has 0 aromatic heterocycles. The van der Waals surface area contributed by atoms with Crippen molar-refractivity contribution in [3.05, 3.63) is 0 Å². The van der Waals surface area contributed by atoms with Crippen LogP contribution >= 0.6 is 0 Å². The number of hydrogen-bond acceptors (Lipinski definition) is 4. The number of amides is 1. The Kier molecular flexibility index (Phi) is 6.24. The Morgan fingerprint density at radius 2 is 1.79 bits per heavy atom. The van der Waals surface area contributed by atoms with Crippen LogP contribution in [0.5, 0.6) is 0 Å². The third-order valence-electron chi connectivity index (χ3n) is 3.42. The van der Waals surface area contributed by atoms with E-state index in [1.807, 2.05) is 0 Å². The highest BCUT2D eigenvalue weighted by Gasteiger charge is 2.26. The zero-order valence-electron chi connectivity index (χ0n) is 11.8. The molecule has 0 aromatic rings. The van der Waals surface area contributed by atoms with Gasteiger partial charge in [0, 0.05) is 26.2 Å². The Bertz CT molecular complexity index is 312. The van der Waals surface area contributed by atoms with Gasteiger partial charge in [-0.1, -0.05) is 13.8 Å². The maximum absolute atomic E-state index is 11.9. The highest BCUT2D eigenvalue weighted by molar-refractivity contribution is 5.86. The first-order valence-corrected chi connectivity index (χ1v) is 6.88. The molecule has 1 atom stereocenters. The number of carbonyl (C=O) groups is 2. The average Bonchev–Trinajstić information content (AvgIpc) is 2.35. The Labute approximate surface area is 114 Å². The molecule has 6 nitrogen and oxygen atoms in total. The van der Waals surface area contributed by atoms with Crippen LogP contribution in [0.25, 0.3) is 0 Å². The van der Waals surface area contributed by atoms with Gasteiger partial charge in [0.2, 0.25) is 5.91 Å². The molecule has 1 amide bonds. The summed E-state index contributed by atoms with van der Waals surface area (Å²) in [5.74, 6) is -0.592. The highest BCUT2D eigenvalue weighted by Crippen LogP contribution is 2.08. The number of carboxylic acid groups (broad SMARTS) is 1. The van der Waals surface area contributed by atoms with Gasteiger partial charge in [-0.2, -0.15) is 0 Å². The molecule has 0 aliphatic carbocycles. The standard InChI is InChI=1S/C13H25N3O3/c1-10(2)3-4-15-5-7-16(8-6-15)13(19)11(14)9-12(17)18/h10-11H,3-9,14H2,1-2H3,(H,17,18). The van der Waals surface area contributed by atoms with Gasteiger partial charge in [0.25, 0.3) is 0 Å². The van der Waals surface area contributed by atoms with E-state index in [0.29, 0.717) is 19.0 Å². The number of carboxylic acids is 1. The number of nitrogens with two attached hydrogens (primary N) is 1. The summed E-state index contributed by atoms with van der Waals surface area (Å²) in [7, 11) is 0. The summed E-state index contributed by atoms with van der Waals surface area (Å²) in [6.07, 6.45) is 0.860. The van der Waals surface area contributed by atoms with Crippen LogP contribution in [-0.4, -0.2) is 65.5 Å². The van der Waals surface area contributed by atoms with Gasteiger partial charge in [-0.3, -0.25) is 14.5 Å². The molecule has 3 N–H and O–H groups in total. The van der Waals surface area contributed by atoms with E-state index in [1.54, 1.807) is 4.90 Å². The topological polar surface area (TPSA) is 86.9 Å². The lowest BCUT2D eigenvalue weighted by Gasteiger charge is -2.36. The van der Waals surface area contributed by atoms with Gasteiger partial charge in [-0.15, -0.1) is 0 Å². The maximum atomic E-state index is 11.9. The zero-order chi connectivity index (χ0) is 14.4. The van der Waals surface area contributed by atoms with Crippen molar-refractivity contribution in [2.24, 2.45) is 11.7 Å². The summed E-state index contributed by atoms with van der Waals surface area (Å²) in [5, 5.41) is 8.64. The molecule has 1 heterocycles. The third kappa shape index (κ3) is 5.57. The third-order valence-corrected chi connectivity index (χ3v) is 3.42. The summed E-state index contributed by atoms with van der Waals surface area (Å²) in [6.45, 7) is 8.43. The first-order chi connectivity index (χ1) is 8.90. The Morgan fingerprint density at radius 1 is 1.21 bits per heavy atom. The first kappa shape index (κ1) is 15.9. The minimum atomic E-state index is -1.03. The molecule has 1 rings (SSSR count). The van der Waals surface area contributed by atoms with Gasteiger partial charge in [0.15, 0.2) is 0 Å². The van der Waals surface area contributed by atoms with Gasteiger partial charge in [0.1, 0.15) is 0 Å². The van der Waals surface area contributed by atoms with Crippen LogP contribution in [0.4, 0.5) is 0 Å². The quantitative estimate of drug-likeness (QED) is 0.709. The molecule has 0 spiro atoms. The van der Waals surface area contributed by atoms with Gasteiger partial charge < -0.3 is 15.7 Å². The monoisotopic (exact) mass is 271 g/mol. The van der Waals surface area contributed by atoms with Crippen LogP contribution < -0.4 is 5.73 Å². The fourth-order valence-electron chi connectivity index (χ4n) is 2.14. The van der Waals surface area contributed by atoms with E-state index < -0.39 is 12.0 Å². The number of piperazine rings is 1. The Balaban J connectivity index is 2.32. The number of carbonyl (C=O) groups excluding carboxylic acids is 1. The number of hydrogen-bond donors (Lipinski definition) is 2. The predicted molar refractivity (Wildman–Crippen MR) is 72.7 cm³/mol. The van der Waals surface area contributed by atoms with E-state index in [9.17, 15) is 9.59 Å². The second-order valence-corrected chi connectivity index (χ2v) is 5.55. The van der Waals surface area contributed by atoms with E-state index >= 15 is 0 Å². The van der Waals surface area contributed by atoms with Gasteiger partial charge in [-0.25, -0.2) is 0 Å². The van der Waals surface area contributed by atoms with E-state index in [-0.39, 0.29) is 12.3 Å². The largest absolute Gasteiger partial charge is 0.481 e. The van der Waals surface area contributed by atoms with E-state index in [2.05, 4.69) is 18.7 Å². The number of nitrogens with zero attached hydrogens (tertiary/aromatic N) is 2. The summed E-state index contributed by atoms with van der Waals surface area (Å²) in [5.41, 5.74) is 5.60. The lowest BCUT2D eigenvalue weighted by Crippen LogP contribution is -2.53. The van der Waals surface area contributed by atoms with Crippen molar-refractivity contribution >= 4 is 11.9 Å². The molecular weight excluding hydrogens is 246 g/mol. The lowest BCUT2D eigenvalue weighted by molar-refractivity contribution is -0.142. The molecule has 1 saturated heterocycles. The number of rotatable bonds is 6. The van der Waals surface area contributed by atoms with Crippen molar-refractivity contribution in [3.8, 4) is 0 Å². The van der Waals surface area contributed by atoms with Crippen molar-refractivity contribution in [3.63, 3.8) is 0 Å². The average molecular weight is 271 g/mol. The number of aliphatic carboxylic acids is 1. The molecule has 0 radical (unpaired) electrons. The van der Waals surface area contributed by atoms with Crippen molar-refractivity contribution in [2.75, 3.05) is 32.7 Å². The molecule has 1 aliphatic heterocycles. The van der Waals surface area contributed by atoms with Crippen LogP contribution in [0.1, 0.15) is 26.7 Å². The fraction of sp³-hybridized carbons (Fsp3) is 0.846. The smallest absolute Gasteiger partial charge is 0.305 e. The molecule has 110 valence electrons. The molecule has 0 saturated carbocycles. The molecule has 6 heteroatoms.